The van der Waals surface area contributed by atoms with Gasteiger partial charge in [-0.15, -0.1) is 0 Å². The van der Waals surface area contributed by atoms with Crippen molar-refractivity contribution in [2.24, 2.45) is 5.92 Å². The molecule has 6 heteroatoms. The first-order valence-corrected chi connectivity index (χ1v) is 9.25. The lowest BCUT2D eigenvalue weighted by atomic mass is 9.95. The topological polar surface area (TPSA) is 58.8 Å². The van der Waals surface area contributed by atoms with Crippen molar-refractivity contribution in [1.82, 2.24) is 9.88 Å². The van der Waals surface area contributed by atoms with E-state index in [0.717, 1.165) is 56.5 Å². The molecule has 1 amide bonds. The predicted molar refractivity (Wildman–Crippen MR) is 95.6 cm³/mol. The lowest BCUT2D eigenvalue weighted by molar-refractivity contribution is -0.143. The Balaban J connectivity index is 1.37. The van der Waals surface area contributed by atoms with Crippen LogP contribution in [0.2, 0.25) is 0 Å². The molecule has 2 aromatic rings. The number of fused-ring (bicyclic) bond motifs is 1. The van der Waals surface area contributed by atoms with Crippen LogP contribution in [0, 0.1) is 5.92 Å². The van der Waals surface area contributed by atoms with Gasteiger partial charge in [-0.2, -0.15) is 4.98 Å². The predicted octanol–water partition coefficient (Wildman–Crippen LogP) is 2.68. The molecule has 6 nitrogen and oxygen atoms in total. The van der Waals surface area contributed by atoms with Gasteiger partial charge in [0, 0.05) is 32.1 Å². The minimum atomic E-state index is 0.108. The maximum absolute atomic E-state index is 12.8. The number of benzene rings is 1. The number of carbonyl (C=O) groups is 1. The summed E-state index contributed by atoms with van der Waals surface area (Å²) in [5.41, 5.74) is 1.70. The number of hydrogen-bond acceptors (Lipinski definition) is 5. The number of ether oxygens (including phenoxy) is 1. The fraction of sp³-hybridized carbons (Fsp3) is 0.579. The van der Waals surface area contributed by atoms with Crippen molar-refractivity contribution in [3.63, 3.8) is 0 Å². The molecule has 0 N–H and O–H groups in total. The van der Waals surface area contributed by atoms with Crippen molar-refractivity contribution in [1.29, 1.82) is 0 Å². The number of nitrogens with zero attached hydrogens (tertiary/aromatic N) is 3. The van der Waals surface area contributed by atoms with Crippen LogP contribution in [0.4, 0.5) is 6.01 Å². The molecule has 1 atom stereocenters. The second-order valence-electron chi connectivity index (χ2n) is 6.91. The Morgan fingerprint density at radius 1 is 1.24 bits per heavy atom. The molecule has 25 heavy (non-hydrogen) atoms. The molecule has 2 saturated heterocycles. The molecule has 0 unspecified atom stereocenters. The van der Waals surface area contributed by atoms with Crippen molar-refractivity contribution < 1.29 is 13.9 Å². The summed E-state index contributed by atoms with van der Waals surface area (Å²) in [4.78, 5) is 21.5. The third-order valence-corrected chi connectivity index (χ3v) is 5.30. The standard InChI is InChI=1S/C19H25N3O3/c1-2-15-13-22(11-12-24-15)18(23)14-7-9-21(10-8-14)19-20-16-5-3-4-6-17(16)25-19/h3-6,14-15H,2,7-13H2,1H3/t15-/m0/s1. The quantitative estimate of drug-likeness (QED) is 0.857. The van der Waals surface area contributed by atoms with E-state index in [1.165, 1.54) is 0 Å². The summed E-state index contributed by atoms with van der Waals surface area (Å²) in [7, 11) is 0. The van der Waals surface area contributed by atoms with Crippen LogP contribution in [0.25, 0.3) is 11.1 Å². The van der Waals surface area contributed by atoms with Gasteiger partial charge in [-0.25, -0.2) is 0 Å². The summed E-state index contributed by atoms with van der Waals surface area (Å²) in [5.74, 6) is 0.398. The number of anilines is 1. The van der Waals surface area contributed by atoms with Crippen LogP contribution >= 0.6 is 0 Å². The van der Waals surface area contributed by atoms with Gasteiger partial charge in [0.25, 0.3) is 6.01 Å². The van der Waals surface area contributed by atoms with Crippen molar-refractivity contribution in [2.75, 3.05) is 37.7 Å². The van der Waals surface area contributed by atoms with Crippen molar-refractivity contribution in [3.8, 4) is 0 Å². The maximum atomic E-state index is 12.8. The zero-order chi connectivity index (χ0) is 17.2. The van der Waals surface area contributed by atoms with Crippen molar-refractivity contribution >= 4 is 23.0 Å². The fourth-order valence-electron chi connectivity index (χ4n) is 3.74. The molecule has 0 aliphatic carbocycles. The van der Waals surface area contributed by atoms with Crippen molar-refractivity contribution in [3.05, 3.63) is 24.3 Å². The van der Waals surface area contributed by atoms with Gasteiger partial charge in [0.05, 0.1) is 12.7 Å². The van der Waals surface area contributed by atoms with Gasteiger partial charge >= 0.3 is 0 Å². The first kappa shape index (κ1) is 16.4. The van der Waals surface area contributed by atoms with Gasteiger partial charge < -0.3 is 19.0 Å². The van der Waals surface area contributed by atoms with Crippen molar-refractivity contribution in [2.45, 2.75) is 32.3 Å². The molecule has 2 aliphatic rings. The third-order valence-electron chi connectivity index (χ3n) is 5.30. The number of oxazole rings is 1. The van der Waals surface area contributed by atoms with E-state index in [-0.39, 0.29) is 12.0 Å². The smallest absolute Gasteiger partial charge is 0.298 e. The summed E-state index contributed by atoms with van der Waals surface area (Å²) in [5, 5.41) is 0. The highest BCUT2D eigenvalue weighted by atomic mass is 16.5. The summed E-state index contributed by atoms with van der Waals surface area (Å²) < 4.78 is 11.5. The molecule has 2 fully saturated rings. The maximum Gasteiger partial charge on any atom is 0.298 e. The van der Waals surface area contributed by atoms with Gasteiger partial charge in [-0.1, -0.05) is 19.1 Å². The first-order valence-electron chi connectivity index (χ1n) is 9.25. The number of carbonyl (C=O) groups excluding carboxylic acids is 1. The van der Waals surface area contributed by atoms with Crippen LogP contribution in [0.15, 0.2) is 28.7 Å². The van der Waals surface area contributed by atoms with E-state index < -0.39 is 0 Å². The molecule has 3 heterocycles. The van der Waals surface area contributed by atoms with Crippen LogP contribution in [0.5, 0.6) is 0 Å². The first-order chi connectivity index (χ1) is 12.2. The van der Waals surface area contributed by atoms with Gasteiger partial charge in [0.2, 0.25) is 5.91 Å². The highest BCUT2D eigenvalue weighted by molar-refractivity contribution is 5.79. The molecule has 134 valence electrons. The summed E-state index contributed by atoms with van der Waals surface area (Å²) in [6.45, 7) is 5.85. The lowest BCUT2D eigenvalue weighted by Crippen LogP contribution is -2.49. The molecule has 1 aromatic heterocycles. The van der Waals surface area contributed by atoms with Gasteiger partial charge in [0.15, 0.2) is 5.58 Å². The normalized spacial score (nSPS) is 22.5. The largest absolute Gasteiger partial charge is 0.423 e. The molecule has 1 aromatic carbocycles. The zero-order valence-electron chi connectivity index (χ0n) is 14.7. The highest BCUT2D eigenvalue weighted by Crippen LogP contribution is 2.27. The summed E-state index contributed by atoms with van der Waals surface area (Å²) in [6.07, 6.45) is 2.86. The Bertz CT molecular complexity index is 703. The van der Waals surface area contributed by atoms with E-state index in [1.54, 1.807) is 0 Å². The Morgan fingerprint density at radius 2 is 2.04 bits per heavy atom. The lowest BCUT2D eigenvalue weighted by Gasteiger charge is -2.37. The van der Waals surface area contributed by atoms with E-state index in [9.17, 15) is 4.79 Å². The number of amides is 1. The second-order valence-corrected chi connectivity index (χ2v) is 6.91. The minimum absolute atomic E-state index is 0.108. The molecular weight excluding hydrogens is 318 g/mol. The monoisotopic (exact) mass is 343 g/mol. The molecule has 0 radical (unpaired) electrons. The number of rotatable bonds is 3. The summed E-state index contributed by atoms with van der Waals surface area (Å²) >= 11 is 0. The number of hydrogen-bond donors (Lipinski definition) is 0. The molecule has 0 saturated carbocycles. The van der Waals surface area contributed by atoms with E-state index in [2.05, 4.69) is 16.8 Å². The average Bonchev–Trinajstić information content (AvgIpc) is 3.12. The molecule has 2 aliphatic heterocycles. The highest BCUT2D eigenvalue weighted by Gasteiger charge is 2.32. The second kappa shape index (κ2) is 7.04. The third kappa shape index (κ3) is 3.35. The van der Waals surface area contributed by atoms with Crippen LogP contribution in [-0.4, -0.2) is 54.7 Å². The molecular formula is C19H25N3O3. The average molecular weight is 343 g/mol. The fourth-order valence-corrected chi connectivity index (χ4v) is 3.74. The summed E-state index contributed by atoms with van der Waals surface area (Å²) in [6, 6.07) is 8.48. The SMILES string of the molecule is CC[C@H]1CN(C(=O)C2CCN(c3nc4ccccc4o3)CC2)CCO1. The van der Waals surface area contributed by atoms with E-state index in [0.29, 0.717) is 18.5 Å². The van der Waals surface area contributed by atoms with E-state index >= 15 is 0 Å². The van der Waals surface area contributed by atoms with Crippen LogP contribution in [0.3, 0.4) is 0 Å². The van der Waals surface area contributed by atoms with Crippen LogP contribution in [-0.2, 0) is 9.53 Å². The van der Waals surface area contributed by atoms with Crippen LogP contribution in [0.1, 0.15) is 26.2 Å². The zero-order valence-corrected chi connectivity index (χ0v) is 14.7. The molecule has 0 spiro atoms. The van der Waals surface area contributed by atoms with E-state index in [4.69, 9.17) is 9.15 Å². The van der Waals surface area contributed by atoms with Crippen LogP contribution < -0.4 is 4.90 Å². The Morgan fingerprint density at radius 3 is 2.80 bits per heavy atom. The Kier molecular flexibility index (Phi) is 4.61. The minimum Gasteiger partial charge on any atom is -0.423 e. The number of para-hydroxylation sites is 2. The Hall–Kier alpha value is -2.08. The van der Waals surface area contributed by atoms with Gasteiger partial charge in [-0.3, -0.25) is 4.79 Å². The molecule has 0 bridgehead atoms. The number of aromatic nitrogens is 1. The van der Waals surface area contributed by atoms with Gasteiger partial charge in [-0.05, 0) is 31.4 Å². The van der Waals surface area contributed by atoms with E-state index in [1.807, 2.05) is 29.2 Å². The Labute approximate surface area is 147 Å². The molecule has 4 rings (SSSR count). The van der Waals surface area contributed by atoms with Gasteiger partial charge in [0.1, 0.15) is 5.52 Å². The number of morpholine rings is 1. The number of piperidine rings is 1.